The normalized spacial score (nSPS) is 13.5. The average molecular weight is 232 g/mol. The zero-order valence-electron chi connectivity index (χ0n) is 10.4. The van der Waals surface area contributed by atoms with Crippen molar-refractivity contribution in [3.63, 3.8) is 0 Å². The molecule has 92 valence electrons. The van der Waals surface area contributed by atoms with Crippen LogP contribution in [0, 0.1) is 0 Å². The van der Waals surface area contributed by atoms with Crippen LogP contribution in [-0.2, 0) is 12.8 Å². The van der Waals surface area contributed by atoms with Gasteiger partial charge in [-0.3, -0.25) is 4.79 Å². The first-order valence-electron chi connectivity index (χ1n) is 6.37. The number of benzene rings is 1. The summed E-state index contributed by atoms with van der Waals surface area (Å²) in [4.78, 5) is 14.0. The van der Waals surface area contributed by atoms with Crippen molar-refractivity contribution >= 4 is 5.91 Å². The van der Waals surface area contributed by atoms with Crippen molar-refractivity contribution in [1.29, 1.82) is 0 Å². The second-order valence-corrected chi connectivity index (χ2v) is 4.51. The number of likely N-dealkylation sites (N-methyl/N-ethyl adjacent to an activating group) is 1. The molecule has 1 aliphatic rings. The van der Waals surface area contributed by atoms with Crippen LogP contribution >= 0.6 is 0 Å². The molecule has 1 aromatic carbocycles. The molecule has 0 saturated heterocycles. The molecule has 0 unspecified atom stereocenters. The van der Waals surface area contributed by atoms with E-state index in [1.54, 1.807) is 4.90 Å². The maximum Gasteiger partial charge on any atom is 0.253 e. The minimum Gasteiger partial charge on any atom is -0.338 e. The summed E-state index contributed by atoms with van der Waals surface area (Å²) >= 11 is 0. The van der Waals surface area contributed by atoms with Gasteiger partial charge in [0.25, 0.3) is 5.91 Å². The van der Waals surface area contributed by atoms with Crippen LogP contribution in [0.15, 0.2) is 18.2 Å². The number of carbonyl (C=O) groups is 1. The number of aryl methyl sites for hydroxylation is 2. The van der Waals surface area contributed by atoms with E-state index >= 15 is 0 Å². The van der Waals surface area contributed by atoms with Crippen molar-refractivity contribution in [1.82, 2.24) is 4.90 Å². The number of nitrogens with two attached hydrogens (primary N) is 1. The Kier molecular flexibility index (Phi) is 3.79. The fourth-order valence-electron chi connectivity index (χ4n) is 2.45. The summed E-state index contributed by atoms with van der Waals surface area (Å²) in [6, 6.07) is 6.11. The van der Waals surface area contributed by atoms with Crippen LogP contribution in [0.2, 0.25) is 0 Å². The van der Waals surface area contributed by atoms with Gasteiger partial charge in [0.1, 0.15) is 0 Å². The van der Waals surface area contributed by atoms with E-state index in [4.69, 9.17) is 5.73 Å². The summed E-state index contributed by atoms with van der Waals surface area (Å²) in [5.74, 6) is 0.104. The predicted octanol–water partition coefficient (Wildman–Crippen LogP) is 1.60. The zero-order valence-corrected chi connectivity index (χ0v) is 10.4. The van der Waals surface area contributed by atoms with Crippen molar-refractivity contribution in [2.24, 2.45) is 5.73 Å². The molecule has 0 radical (unpaired) electrons. The number of amides is 1. The molecular weight excluding hydrogens is 212 g/mol. The van der Waals surface area contributed by atoms with Gasteiger partial charge in [-0.15, -0.1) is 0 Å². The molecule has 2 N–H and O–H groups in total. The topological polar surface area (TPSA) is 46.3 Å². The van der Waals surface area contributed by atoms with E-state index in [1.807, 2.05) is 13.0 Å². The number of carbonyl (C=O) groups excluding carboxylic acids is 1. The molecule has 17 heavy (non-hydrogen) atoms. The number of fused-ring (bicyclic) bond motifs is 1. The van der Waals surface area contributed by atoms with Crippen molar-refractivity contribution in [2.75, 3.05) is 19.6 Å². The molecular formula is C14H20N2O. The van der Waals surface area contributed by atoms with Gasteiger partial charge in [0.2, 0.25) is 0 Å². The van der Waals surface area contributed by atoms with Gasteiger partial charge in [-0.2, -0.15) is 0 Å². The Balaban J connectivity index is 2.19. The first-order valence-corrected chi connectivity index (χ1v) is 6.37. The summed E-state index contributed by atoms with van der Waals surface area (Å²) in [6.07, 6.45) is 3.48. The fourth-order valence-corrected chi connectivity index (χ4v) is 2.45. The third-order valence-corrected chi connectivity index (χ3v) is 3.41. The largest absolute Gasteiger partial charge is 0.338 e. The number of rotatable bonds is 4. The Morgan fingerprint density at radius 3 is 2.82 bits per heavy atom. The Morgan fingerprint density at radius 2 is 2.12 bits per heavy atom. The van der Waals surface area contributed by atoms with Crippen LogP contribution in [0.4, 0.5) is 0 Å². The summed E-state index contributed by atoms with van der Waals surface area (Å²) in [7, 11) is 0. The summed E-state index contributed by atoms with van der Waals surface area (Å²) in [6.45, 7) is 3.85. The molecule has 3 nitrogen and oxygen atoms in total. The van der Waals surface area contributed by atoms with Gasteiger partial charge in [0.05, 0.1) is 0 Å². The quantitative estimate of drug-likeness (QED) is 0.857. The van der Waals surface area contributed by atoms with E-state index in [-0.39, 0.29) is 5.91 Å². The molecule has 0 spiro atoms. The SMILES string of the molecule is CCN(CCN)C(=O)c1ccc2c(c1)CCC2. The van der Waals surface area contributed by atoms with Crippen molar-refractivity contribution < 1.29 is 4.79 Å². The monoisotopic (exact) mass is 232 g/mol. The van der Waals surface area contributed by atoms with Crippen LogP contribution in [0.25, 0.3) is 0 Å². The molecule has 1 amide bonds. The van der Waals surface area contributed by atoms with Gasteiger partial charge >= 0.3 is 0 Å². The average Bonchev–Trinajstić information content (AvgIpc) is 2.82. The van der Waals surface area contributed by atoms with E-state index in [9.17, 15) is 4.79 Å². The van der Waals surface area contributed by atoms with E-state index < -0.39 is 0 Å². The molecule has 0 aliphatic heterocycles. The van der Waals surface area contributed by atoms with Gasteiger partial charge < -0.3 is 10.6 Å². The molecule has 0 saturated carbocycles. The van der Waals surface area contributed by atoms with E-state index in [1.165, 1.54) is 17.5 Å². The Morgan fingerprint density at radius 1 is 1.35 bits per heavy atom. The van der Waals surface area contributed by atoms with E-state index in [0.29, 0.717) is 19.6 Å². The van der Waals surface area contributed by atoms with Crippen LogP contribution in [0.5, 0.6) is 0 Å². The molecule has 3 heteroatoms. The highest BCUT2D eigenvalue weighted by atomic mass is 16.2. The maximum atomic E-state index is 12.2. The van der Waals surface area contributed by atoms with E-state index in [2.05, 4.69) is 12.1 Å². The van der Waals surface area contributed by atoms with Gasteiger partial charge in [0.15, 0.2) is 0 Å². The summed E-state index contributed by atoms with van der Waals surface area (Å²) in [5.41, 5.74) is 9.08. The lowest BCUT2D eigenvalue weighted by atomic mass is 10.1. The van der Waals surface area contributed by atoms with E-state index in [0.717, 1.165) is 18.4 Å². The molecule has 0 heterocycles. The number of nitrogens with zero attached hydrogens (tertiary/aromatic N) is 1. The minimum absolute atomic E-state index is 0.104. The van der Waals surface area contributed by atoms with Gasteiger partial charge in [-0.25, -0.2) is 0 Å². The fraction of sp³-hybridized carbons (Fsp3) is 0.500. The second-order valence-electron chi connectivity index (χ2n) is 4.51. The molecule has 2 rings (SSSR count). The smallest absolute Gasteiger partial charge is 0.253 e. The van der Waals surface area contributed by atoms with Crippen molar-refractivity contribution in [3.05, 3.63) is 34.9 Å². The summed E-state index contributed by atoms with van der Waals surface area (Å²) in [5, 5.41) is 0. The number of hydrogen-bond donors (Lipinski definition) is 1. The van der Waals surface area contributed by atoms with Gasteiger partial charge in [0, 0.05) is 25.2 Å². The molecule has 0 atom stereocenters. The molecule has 0 bridgehead atoms. The lowest BCUT2D eigenvalue weighted by Gasteiger charge is -2.20. The van der Waals surface area contributed by atoms with Crippen LogP contribution < -0.4 is 5.73 Å². The van der Waals surface area contributed by atoms with Crippen LogP contribution in [0.1, 0.15) is 34.8 Å². The first-order chi connectivity index (χ1) is 8.26. The van der Waals surface area contributed by atoms with Crippen molar-refractivity contribution in [2.45, 2.75) is 26.2 Å². The molecule has 0 aromatic heterocycles. The standard InChI is InChI=1S/C14H20N2O/c1-2-16(9-8-15)14(17)13-7-6-11-4-3-5-12(11)10-13/h6-7,10H,2-5,8-9,15H2,1H3. The highest BCUT2D eigenvalue weighted by molar-refractivity contribution is 5.94. The zero-order chi connectivity index (χ0) is 12.3. The van der Waals surface area contributed by atoms with Gasteiger partial charge in [-0.1, -0.05) is 6.07 Å². The molecule has 0 fully saturated rings. The maximum absolute atomic E-state index is 12.2. The predicted molar refractivity (Wildman–Crippen MR) is 69.1 cm³/mol. The van der Waals surface area contributed by atoms with Gasteiger partial charge in [-0.05, 0) is 49.4 Å². The second kappa shape index (κ2) is 5.32. The highest BCUT2D eigenvalue weighted by Gasteiger charge is 2.17. The minimum atomic E-state index is 0.104. The third kappa shape index (κ3) is 2.50. The van der Waals surface area contributed by atoms with Crippen LogP contribution in [-0.4, -0.2) is 30.4 Å². The lowest BCUT2D eigenvalue weighted by Crippen LogP contribution is -2.35. The Labute approximate surface area is 103 Å². The number of hydrogen-bond acceptors (Lipinski definition) is 2. The highest BCUT2D eigenvalue weighted by Crippen LogP contribution is 2.23. The lowest BCUT2D eigenvalue weighted by molar-refractivity contribution is 0.0769. The first kappa shape index (κ1) is 12.1. The van der Waals surface area contributed by atoms with Crippen molar-refractivity contribution in [3.8, 4) is 0 Å². The Bertz CT molecular complexity index is 415. The summed E-state index contributed by atoms with van der Waals surface area (Å²) < 4.78 is 0. The Hall–Kier alpha value is -1.35. The molecule has 1 aliphatic carbocycles. The molecule has 1 aromatic rings. The third-order valence-electron chi connectivity index (χ3n) is 3.41. The van der Waals surface area contributed by atoms with Crippen LogP contribution in [0.3, 0.4) is 0 Å².